The zero-order valence-corrected chi connectivity index (χ0v) is 10.5. The molecule has 0 amide bonds. The number of fused-ring (bicyclic) bond motifs is 1. The summed E-state index contributed by atoms with van der Waals surface area (Å²) in [5.74, 6) is 4.01. The number of rotatable bonds is 1. The molecule has 2 heterocycles. The fourth-order valence-corrected chi connectivity index (χ4v) is 2.64. The van der Waals surface area contributed by atoms with Crippen LogP contribution in [0.2, 0.25) is 0 Å². The van der Waals surface area contributed by atoms with E-state index >= 15 is 0 Å². The molecule has 15 heavy (non-hydrogen) atoms. The topological polar surface area (TPSA) is 37.8 Å². The molecule has 1 aliphatic rings. The van der Waals surface area contributed by atoms with Gasteiger partial charge < -0.3 is 5.32 Å². The van der Waals surface area contributed by atoms with Gasteiger partial charge in [0.2, 0.25) is 0 Å². The lowest BCUT2D eigenvalue weighted by Gasteiger charge is -2.18. The lowest BCUT2D eigenvalue weighted by Crippen LogP contribution is -2.18. The fourth-order valence-electron chi connectivity index (χ4n) is 1.59. The van der Waals surface area contributed by atoms with Gasteiger partial charge in [0.25, 0.3) is 0 Å². The van der Waals surface area contributed by atoms with E-state index in [9.17, 15) is 0 Å². The van der Waals surface area contributed by atoms with Gasteiger partial charge in [0.1, 0.15) is 11.6 Å². The maximum Gasteiger partial charge on any atom is 0.136 e. The standard InChI is InChI=1S/C11H17N3S/c1-11(2,3)10-13-8-6-15-5-7(8)9(12-4)14-10/h5-6H2,1-4H3,(H,12,13,14). The van der Waals surface area contributed by atoms with E-state index in [-0.39, 0.29) is 5.41 Å². The highest BCUT2D eigenvalue weighted by atomic mass is 32.2. The Bertz CT molecular complexity index is 382. The molecule has 3 nitrogen and oxygen atoms in total. The van der Waals surface area contributed by atoms with Crippen molar-refractivity contribution in [3.8, 4) is 0 Å². The van der Waals surface area contributed by atoms with Gasteiger partial charge in [-0.05, 0) is 0 Å². The third-order valence-electron chi connectivity index (χ3n) is 2.49. The van der Waals surface area contributed by atoms with Crippen molar-refractivity contribution in [3.63, 3.8) is 0 Å². The Kier molecular flexibility index (Phi) is 2.63. The highest BCUT2D eigenvalue weighted by Crippen LogP contribution is 2.34. The Balaban J connectivity index is 2.53. The van der Waals surface area contributed by atoms with Crippen LogP contribution in [0.15, 0.2) is 0 Å². The number of nitrogens with zero attached hydrogens (tertiary/aromatic N) is 2. The molecule has 0 aromatic carbocycles. The van der Waals surface area contributed by atoms with Crippen molar-refractivity contribution in [1.29, 1.82) is 0 Å². The van der Waals surface area contributed by atoms with E-state index in [0.717, 1.165) is 23.1 Å². The zero-order chi connectivity index (χ0) is 11.1. The molecule has 0 unspecified atom stereocenters. The summed E-state index contributed by atoms with van der Waals surface area (Å²) in [7, 11) is 1.93. The second-order valence-electron chi connectivity index (χ2n) is 4.81. The Labute approximate surface area is 95.1 Å². The molecule has 1 aliphatic heterocycles. The van der Waals surface area contributed by atoms with Gasteiger partial charge in [0.15, 0.2) is 0 Å². The first-order chi connectivity index (χ1) is 7.02. The van der Waals surface area contributed by atoms with Crippen LogP contribution in [0.25, 0.3) is 0 Å². The molecule has 0 atom stereocenters. The van der Waals surface area contributed by atoms with Crippen molar-refractivity contribution in [1.82, 2.24) is 9.97 Å². The van der Waals surface area contributed by atoms with Crippen LogP contribution in [0.1, 0.15) is 37.9 Å². The Morgan fingerprint density at radius 2 is 1.93 bits per heavy atom. The minimum Gasteiger partial charge on any atom is -0.373 e. The number of anilines is 1. The summed E-state index contributed by atoms with van der Waals surface area (Å²) in [5.41, 5.74) is 2.52. The third kappa shape index (κ3) is 1.95. The second kappa shape index (κ2) is 3.67. The molecule has 1 N–H and O–H groups in total. The second-order valence-corrected chi connectivity index (χ2v) is 5.80. The minimum atomic E-state index is 0.0217. The third-order valence-corrected chi connectivity index (χ3v) is 3.46. The molecular weight excluding hydrogens is 206 g/mol. The Morgan fingerprint density at radius 3 is 2.53 bits per heavy atom. The number of aromatic nitrogens is 2. The maximum absolute atomic E-state index is 4.66. The van der Waals surface area contributed by atoms with Crippen molar-refractivity contribution in [2.75, 3.05) is 12.4 Å². The van der Waals surface area contributed by atoms with E-state index in [2.05, 4.69) is 36.1 Å². The van der Waals surface area contributed by atoms with Crippen molar-refractivity contribution in [3.05, 3.63) is 17.1 Å². The van der Waals surface area contributed by atoms with Crippen LogP contribution in [-0.4, -0.2) is 17.0 Å². The summed E-state index contributed by atoms with van der Waals surface area (Å²) in [6.07, 6.45) is 0. The van der Waals surface area contributed by atoms with Gasteiger partial charge in [-0.1, -0.05) is 20.8 Å². The number of hydrogen-bond acceptors (Lipinski definition) is 4. The monoisotopic (exact) mass is 223 g/mol. The smallest absolute Gasteiger partial charge is 0.136 e. The molecule has 82 valence electrons. The predicted octanol–water partition coefficient (Wildman–Crippen LogP) is 2.56. The number of thioether (sulfide) groups is 1. The molecule has 1 aromatic heterocycles. The summed E-state index contributed by atoms with van der Waals surface area (Å²) in [4.78, 5) is 9.26. The number of nitrogens with one attached hydrogen (secondary N) is 1. The highest BCUT2D eigenvalue weighted by Gasteiger charge is 2.24. The first-order valence-electron chi connectivity index (χ1n) is 5.18. The maximum atomic E-state index is 4.66. The van der Waals surface area contributed by atoms with Gasteiger partial charge in [0.05, 0.1) is 5.69 Å². The van der Waals surface area contributed by atoms with Crippen LogP contribution >= 0.6 is 11.8 Å². The molecule has 0 spiro atoms. The molecular formula is C11H17N3S. The van der Waals surface area contributed by atoms with Gasteiger partial charge in [-0.25, -0.2) is 9.97 Å². The van der Waals surface area contributed by atoms with Crippen molar-refractivity contribution in [2.24, 2.45) is 0 Å². The average Bonchev–Trinajstić information content (AvgIpc) is 2.62. The molecule has 0 saturated heterocycles. The van der Waals surface area contributed by atoms with Crippen LogP contribution in [0.5, 0.6) is 0 Å². The average molecular weight is 223 g/mol. The van der Waals surface area contributed by atoms with Gasteiger partial charge >= 0.3 is 0 Å². The van der Waals surface area contributed by atoms with Crippen molar-refractivity contribution >= 4 is 17.6 Å². The summed E-state index contributed by atoms with van der Waals surface area (Å²) < 4.78 is 0. The highest BCUT2D eigenvalue weighted by molar-refractivity contribution is 7.98. The Morgan fingerprint density at radius 1 is 1.20 bits per heavy atom. The summed E-state index contributed by atoms with van der Waals surface area (Å²) in [6, 6.07) is 0. The van der Waals surface area contributed by atoms with Crippen LogP contribution in [0.4, 0.5) is 5.82 Å². The van der Waals surface area contributed by atoms with Gasteiger partial charge in [-0.3, -0.25) is 0 Å². The fraction of sp³-hybridized carbons (Fsp3) is 0.636. The quantitative estimate of drug-likeness (QED) is 0.794. The first kappa shape index (κ1) is 10.7. The largest absolute Gasteiger partial charge is 0.373 e. The molecule has 1 aromatic rings. The molecule has 0 saturated carbocycles. The van der Waals surface area contributed by atoms with Crippen LogP contribution in [0, 0.1) is 0 Å². The minimum absolute atomic E-state index is 0.0217. The van der Waals surface area contributed by atoms with Crippen molar-refractivity contribution in [2.45, 2.75) is 37.7 Å². The number of hydrogen-bond donors (Lipinski definition) is 1. The summed E-state index contributed by atoms with van der Waals surface area (Å²) in [6.45, 7) is 6.45. The van der Waals surface area contributed by atoms with Crippen LogP contribution in [0.3, 0.4) is 0 Å². The molecule has 0 bridgehead atoms. The predicted molar refractivity (Wildman–Crippen MR) is 65.3 cm³/mol. The van der Waals surface area contributed by atoms with E-state index in [4.69, 9.17) is 0 Å². The first-order valence-corrected chi connectivity index (χ1v) is 6.33. The van der Waals surface area contributed by atoms with Crippen molar-refractivity contribution < 1.29 is 0 Å². The zero-order valence-electron chi connectivity index (χ0n) is 9.72. The normalized spacial score (nSPS) is 15.2. The summed E-state index contributed by atoms with van der Waals surface area (Å²) in [5, 5.41) is 3.18. The van der Waals surface area contributed by atoms with Gasteiger partial charge in [-0.15, -0.1) is 0 Å². The van der Waals surface area contributed by atoms with Gasteiger partial charge in [-0.2, -0.15) is 11.8 Å². The van der Waals surface area contributed by atoms with E-state index < -0.39 is 0 Å². The summed E-state index contributed by atoms with van der Waals surface area (Å²) >= 11 is 1.91. The molecule has 4 heteroatoms. The molecule has 2 rings (SSSR count). The van der Waals surface area contributed by atoms with Crippen LogP contribution in [-0.2, 0) is 16.9 Å². The lowest BCUT2D eigenvalue weighted by atomic mass is 9.95. The van der Waals surface area contributed by atoms with E-state index in [1.165, 1.54) is 11.3 Å². The molecule has 0 fully saturated rings. The van der Waals surface area contributed by atoms with E-state index in [0.29, 0.717) is 0 Å². The molecule has 0 radical (unpaired) electrons. The Hall–Kier alpha value is -0.770. The SMILES string of the molecule is CNc1nc(C(C)(C)C)nc2c1CSC2. The molecule has 0 aliphatic carbocycles. The van der Waals surface area contributed by atoms with E-state index in [1.807, 2.05) is 18.8 Å². The lowest BCUT2D eigenvalue weighted by molar-refractivity contribution is 0.543. The van der Waals surface area contributed by atoms with E-state index in [1.54, 1.807) is 0 Å². The van der Waals surface area contributed by atoms with Crippen LogP contribution < -0.4 is 5.32 Å². The van der Waals surface area contributed by atoms with Gasteiger partial charge in [0, 0.05) is 29.5 Å².